The maximum Gasteiger partial charge on any atom is 0.0540 e. The van der Waals surface area contributed by atoms with Crippen molar-refractivity contribution in [3.63, 3.8) is 0 Å². The van der Waals surface area contributed by atoms with Gasteiger partial charge in [0.1, 0.15) is 0 Å². The molecule has 3 aliphatic carbocycles. The molecule has 0 radical (unpaired) electrons. The first-order chi connectivity index (χ1) is 30.0. The van der Waals surface area contributed by atoms with Crippen LogP contribution in [0.25, 0.3) is 66.4 Å². The molecular formula is C61H49N. The third kappa shape index (κ3) is 5.09. The highest BCUT2D eigenvalue weighted by atomic mass is 15.1. The predicted molar refractivity (Wildman–Crippen MR) is 262 cm³/mol. The molecule has 0 aromatic heterocycles. The third-order valence-electron chi connectivity index (χ3n) is 14.9. The van der Waals surface area contributed by atoms with Crippen LogP contribution in [-0.4, -0.2) is 0 Å². The van der Waals surface area contributed by atoms with Gasteiger partial charge in [0.2, 0.25) is 0 Å². The fourth-order valence-corrected chi connectivity index (χ4v) is 11.6. The average molecular weight is 796 g/mol. The molecule has 0 heterocycles. The van der Waals surface area contributed by atoms with Gasteiger partial charge in [-0.3, -0.25) is 0 Å². The fraction of sp³-hybridized carbons (Fsp3) is 0.148. The predicted octanol–water partition coefficient (Wildman–Crippen LogP) is 16.6. The van der Waals surface area contributed by atoms with E-state index in [2.05, 4.69) is 234 Å². The zero-order valence-corrected chi connectivity index (χ0v) is 36.3. The van der Waals surface area contributed by atoms with Crippen LogP contribution in [0.4, 0.5) is 17.1 Å². The van der Waals surface area contributed by atoms with Gasteiger partial charge in [-0.25, -0.2) is 0 Å². The van der Waals surface area contributed by atoms with E-state index >= 15 is 0 Å². The summed E-state index contributed by atoms with van der Waals surface area (Å²) in [6.45, 7) is 14.2. The summed E-state index contributed by atoms with van der Waals surface area (Å²) in [5.74, 6) is 0. The molecule has 0 saturated heterocycles. The van der Waals surface area contributed by atoms with E-state index in [1.54, 1.807) is 0 Å². The highest BCUT2D eigenvalue weighted by molar-refractivity contribution is 6.08. The fourth-order valence-electron chi connectivity index (χ4n) is 11.6. The molecule has 0 bridgehead atoms. The number of nitrogens with zero attached hydrogens (tertiary/aromatic N) is 1. The van der Waals surface area contributed by atoms with Crippen LogP contribution >= 0.6 is 0 Å². The first-order valence-electron chi connectivity index (χ1n) is 22.2. The van der Waals surface area contributed by atoms with Crippen LogP contribution in [0, 0.1) is 0 Å². The van der Waals surface area contributed by atoms with Crippen LogP contribution in [0.5, 0.6) is 0 Å². The molecule has 0 unspecified atom stereocenters. The van der Waals surface area contributed by atoms with E-state index in [0.717, 1.165) is 17.1 Å². The summed E-state index contributed by atoms with van der Waals surface area (Å²) in [5.41, 5.74) is 24.5. The van der Waals surface area contributed by atoms with E-state index < -0.39 is 0 Å². The third-order valence-corrected chi connectivity index (χ3v) is 14.9. The van der Waals surface area contributed by atoms with Gasteiger partial charge in [0.05, 0.1) is 5.69 Å². The second-order valence-corrected chi connectivity index (χ2v) is 19.3. The molecule has 298 valence electrons. The number of hydrogen-bond acceptors (Lipinski definition) is 1. The summed E-state index contributed by atoms with van der Waals surface area (Å²) in [6.07, 6.45) is 0. The Labute approximate surface area is 366 Å². The van der Waals surface area contributed by atoms with E-state index in [9.17, 15) is 0 Å². The minimum absolute atomic E-state index is 0.0161. The topological polar surface area (TPSA) is 3.24 Å². The molecule has 9 aromatic carbocycles. The molecule has 3 aliphatic rings. The molecule has 0 amide bonds. The van der Waals surface area contributed by atoms with Crippen LogP contribution < -0.4 is 4.90 Å². The van der Waals surface area contributed by atoms with Crippen molar-refractivity contribution in [2.75, 3.05) is 4.90 Å². The van der Waals surface area contributed by atoms with Gasteiger partial charge in [-0.1, -0.05) is 193 Å². The van der Waals surface area contributed by atoms with E-state index in [-0.39, 0.29) is 16.2 Å². The zero-order chi connectivity index (χ0) is 42.1. The van der Waals surface area contributed by atoms with Crippen molar-refractivity contribution >= 4 is 27.8 Å². The van der Waals surface area contributed by atoms with E-state index in [1.165, 1.54) is 99.8 Å². The highest BCUT2D eigenvalue weighted by Gasteiger charge is 2.40. The Bertz CT molecular complexity index is 3320. The van der Waals surface area contributed by atoms with E-state index in [4.69, 9.17) is 0 Å². The summed E-state index contributed by atoms with van der Waals surface area (Å²) in [4.78, 5) is 2.50. The van der Waals surface area contributed by atoms with Gasteiger partial charge in [0.15, 0.2) is 0 Å². The van der Waals surface area contributed by atoms with Crippen molar-refractivity contribution in [2.24, 2.45) is 0 Å². The first kappa shape index (κ1) is 36.9. The van der Waals surface area contributed by atoms with Gasteiger partial charge in [-0.05, 0) is 131 Å². The van der Waals surface area contributed by atoms with Crippen molar-refractivity contribution in [1.82, 2.24) is 0 Å². The van der Waals surface area contributed by atoms with Gasteiger partial charge in [0.25, 0.3) is 0 Å². The maximum atomic E-state index is 2.50. The van der Waals surface area contributed by atoms with Crippen LogP contribution in [0.2, 0.25) is 0 Å². The molecular weight excluding hydrogens is 747 g/mol. The lowest BCUT2D eigenvalue weighted by Gasteiger charge is -2.30. The first-order valence-corrected chi connectivity index (χ1v) is 22.2. The van der Waals surface area contributed by atoms with Gasteiger partial charge in [-0.2, -0.15) is 0 Å². The minimum Gasteiger partial charge on any atom is -0.310 e. The van der Waals surface area contributed by atoms with Crippen molar-refractivity contribution in [1.29, 1.82) is 0 Å². The largest absolute Gasteiger partial charge is 0.310 e. The number of rotatable bonds is 5. The average Bonchev–Trinajstić information content (AvgIpc) is 3.79. The molecule has 1 nitrogen and oxygen atoms in total. The minimum atomic E-state index is -0.134. The molecule has 12 rings (SSSR count). The Balaban J connectivity index is 1.05. The Hall–Kier alpha value is -6.96. The van der Waals surface area contributed by atoms with Crippen LogP contribution in [0.15, 0.2) is 188 Å². The van der Waals surface area contributed by atoms with Crippen molar-refractivity contribution in [2.45, 2.75) is 57.8 Å². The Kier molecular flexibility index (Phi) is 7.74. The maximum absolute atomic E-state index is 2.50. The molecule has 0 fully saturated rings. The molecule has 0 saturated carbocycles. The lowest BCUT2D eigenvalue weighted by Crippen LogP contribution is -2.17. The van der Waals surface area contributed by atoms with E-state index in [1.807, 2.05) is 0 Å². The van der Waals surface area contributed by atoms with E-state index in [0.29, 0.717) is 0 Å². The molecule has 0 spiro atoms. The summed E-state index contributed by atoms with van der Waals surface area (Å²) in [6, 6.07) is 71.0. The summed E-state index contributed by atoms with van der Waals surface area (Å²) in [7, 11) is 0. The molecule has 0 aliphatic heterocycles. The molecule has 0 N–H and O–H groups in total. The highest BCUT2D eigenvalue weighted by Crippen LogP contribution is 2.57. The monoisotopic (exact) mass is 795 g/mol. The second-order valence-electron chi connectivity index (χ2n) is 19.3. The summed E-state index contributed by atoms with van der Waals surface area (Å²) < 4.78 is 0. The van der Waals surface area contributed by atoms with Crippen molar-refractivity contribution < 1.29 is 0 Å². The lowest BCUT2D eigenvalue weighted by molar-refractivity contribution is 0.660. The van der Waals surface area contributed by atoms with Crippen LogP contribution in [-0.2, 0) is 16.2 Å². The van der Waals surface area contributed by atoms with Crippen LogP contribution in [0.1, 0.15) is 74.9 Å². The number of benzene rings is 9. The van der Waals surface area contributed by atoms with Crippen molar-refractivity contribution in [3.05, 3.63) is 221 Å². The normalized spacial score (nSPS) is 15.3. The van der Waals surface area contributed by atoms with Gasteiger partial charge < -0.3 is 4.90 Å². The molecule has 1 heteroatoms. The standard InChI is InChI=1S/C61H49N/c1-59(2)51-23-13-10-19-45(51)49-36-40(29-34-52(49)59)38-26-30-41(31-27-38)62(42-32-33-46-44-18-9-12-22-50(44)60(3,4)55(46)37-42)56-25-14-11-20-47(56)48-21-15-24-53-58(48)57-43-17-8-7-16-39(43)28-35-54(57)61(53,5)6/h7-37H,1-6H3. The number of anilines is 3. The number of fused-ring (bicyclic) bond motifs is 11. The lowest BCUT2D eigenvalue weighted by atomic mass is 9.81. The summed E-state index contributed by atoms with van der Waals surface area (Å²) >= 11 is 0. The van der Waals surface area contributed by atoms with Gasteiger partial charge in [0, 0.05) is 33.2 Å². The van der Waals surface area contributed by atoms with Gasteiger partial charge >= 0.3 is 0 Å². The smallest absolute Gasteiger partial charge is 0.0540 e. The van der Waals surface area contributed by atoms with Crippen molar-refractivity contribution in [3.8, 4) is 55.6 Å². The number of hydrogen-bond donors (Lipinski definition) is 0. The Morgan fingerprint density at radius 2 is 0.823 bits per heavy atom. The quantitative estimate of drug-likeness (QED) is 0.168. The molecule has 9 aromatic rings. The Morgan fingerprint density at radius 1 is 0.306 bits per heavy atom. The van der Waals surface area contributed by atoms with Crippen LogP contribution in [0.3, 0.4) is 0 Å². The molecule has 0 atom stereocenters. The zero-order valence-electron chi connectivity index (χ0n) is 36.3. The van der Waals surface area contributed by atoms with Gasteiger partial charge in [-0.15, -0.1) is 0 Å². The Morgan fingerprint density at radius 3 is 1.60 bits per heavy atom. The molecule has 62 heavy (non-hydrogen) atoms. The SMILES string of the molecule is CC1(C)c2ccccc2-c2cc(-c3ccc(N(c4ccc5c(c4)C(C)(C)c4ccccc4-5)c4ccccc4-c4cccc5c4-c4c(ccc6ccccc46)C5(C)C)cc3)ccc21. The number of para-hydroxylation sites is 1. The summed E-state index contributed by atoms with van der Waals surface area (Å²) in [5, 5.41) is 2.59. The second kappa shape index (κ2) is 13.0.